The van der Waals surface area contributed by atoms with E-state index in [4.69, 9.17) is 4.74 Å². The Bertz CT molecular complexity index is 993. The number of hydrogen-bond donors (Lipinski definition) is 1. The van der Waals surface area contributed by atoms with E-state index >= 15 is 0 Å². The Labute approximate surface area is 188 Å². The Hall–Kier alpha value is -2.68. The summed E-state index contributed by atoms with van der Waals surface area (Å²) in [6, 6.07) is 7.02. The molecule has 32 heavy (non-hydrogen) atoms. The van der Waals surface area contributed by atoms with Crippen LogP contribution in [0.3, 0.4) is 0 Å². The minimum atomic E-state index is -4.58. The lowest BCUT2D eigenvalue weighted by atomic mass is 10.1. The molecule has 4 nitrogen and oxygen atoms in total. The summed E-state index contributed by atoms with van der Waals surface area (Å²) in [5.41, 5.74) is -0.141. The number of pyridine rings is 1. The highest BCUT2D eigenvalue weighted by Gasteiger charge is 2.35. The van der Waals surface area contributed by atoms with Gasteiger partial charge in [0.2, 0.25) is 5.13 Å². The van der Waals surface area contributed by atoms with Crippen molar-refractivity contribution in [2.75, 3.05) is 11.9 Å². The Morgan fingerprint density at radius 3 is 2.56 bits per heavy atom. The zero-order valence-corrected chi connectivity index (χ0v) is 18.5. The van der Waals surface area contributed by atoms with E-state index in [1.165, 1.54) is 24.8 Å². The topological polar surface area (TPSA) is 47.0 Å². The third-order valence-electron chi connectivity index (χ3n) is 4.81. The summed E-state index contributed by atoms with van der Waals surface area (Å²) in [6.45, 7) is 2.36. The van der Waals surface area contributed by atoms with Crippen molar-refractivity contribution in [2.24, 2.45) is 0 Å². The van der Waals surface area contributed by atoms with Gasteiger partial charge in [-0.3, -0.25) is 4.98 Å². The molecule has 1 aromatic carbocycles. The highest BCUT2D eigenvalue weighted by atomic mass is 32.1. The van der Waals surface area contributed by atoms with Crippen LogP contribution < -0.4 is 10.1 Å². The van der Waals surface area contributed by atoms with E-state index in [2.05, 4.69) is 22.2 Å². The standard InChI is InChI=1S/C23H25F4N3OS/c1-2-3-4-5-6-7-13-31-19-11-10-17(14-18(19)23(25,26)27)29-22-30-20(21(24)32-22)16-9-8-12-28-15-16/h8-12,14-15H,2-7,13H2,1H3,(H,29,30). The van der Waals surface area contributed by atoms with Crippen LogP contribution in [0.1, 0.15) is 51.0 Å². The first-order valence-electron chi connectivity index (χ1n) is 10.6. The maximum atomic E-state index is 14.3. The first-order valence-corrected chi connectivity index (χ1v) is 11.4. The minimum absolute atomic E-state index is 0.0977. The molecule has 0 saturated heterocycles. The Morgan fingerprint density at radius 1 is 1.06 bits per heavy atom. The average molecular weight is 468 g/mol. The van der Waals surface area contributed by atoms with E-state index in [1.54, 1.807) is 18.3 Å². The van der Waals surface area contributed by atoms with Gasteiger partial charge in [-0.05, 0) is 36.8 Å². The molecule has 0 aliphatic heterocycles. The number of ether oxygens (including phenoxy) is 1. The maximum absolute atomic E-state index is 14.3. The van der Waals surface area contributed by atoms with Crippen molar-refractivity contribution in [1.29, 1.82) is 0 Å². The molecule has 0 fully saturated rings. The lowest BCUT2D eigenvalue weighted by Gasteiger charge is -2.15. The molecule has 0 unspecified atom stereocenters. The van der Waals surface area contributed by atoms with Crippen molar-refractivity contribution >= 4 is 22.2 Å². The summed E-state index contributed by atoms with van der Waals surface area (Å²) < 4.78 is 60.5. The fourth-order valence-corrected chi connectivity index (χ4v) is 3.91. The smallest absolute Gasteiger partial charge is 0.420 e. The van der Waals surface area contributed by atoms with Gasteiger partial charge in [0.25, 0.3) is 0 Å². The van der Waals surface area contributed by atoms with Gasteiger partial charge in [0.1, 0.15) is 11.4 Å². The second-order valence-electron chi connectivity index (χ2n) is 7.33. The molecular weight excluding hydrogens is 442 g/mol. The summed E-state index contributed by atoms with van der Waals surface area (Å²) in [5.74, 6) is -0.210. The normalized spacial score (nSPS) is 11.5. The molecule has 0 amide bonds. The quantitative estimate of drug-likeness (QED) is 0.230. The van der Waals surface area contributed by atoms with Crippen LogP contribution in [-0.2, 0) is 6.18 Å². The lowest BCUT2D eigenvalue weighted by Crippen LogP contribution is -2.10. The third kappa shape index (κ3) is 6.66. The Kier molecular flexibility index (Phi) is 8.44. The van der Waals surface area contributed by atoms with Gasteiger partial charge in [0.05, 0.1) is 12.2 Å². The molecule has 0 spiro atoms. The van der Waals surface area contributed by atoms with Crippen LogP contribution in [0, 0.1) is 5.13 Å². The predicted molar refractivity (Wildman–Crippen MR) is 119 cm³/mol. The van der Waals surface area contributed by atoms with Gasteiger partial charge >= 0.3 is 6.18 Å². The van der Waals surface area contributed by atoms with Gasteiger partial charge in [-0.1, -0.05) is 50.4 Å². The van der Waals surface area contributed by atoms with E-state index in [1.807, 2.05) is 0 Å². The summed E-state index contributed by atoms with van der Waals surface area (Å²) >= 11 is 0.717. The van der Waals surface area contributed by atoms with E-state index < -0.39 is 16.9 Å². The molecule has 0 atom stereocenters. The van der Waals surface area contributed by atoms with Gasteiger partial charge in [-0.2, -0.15) is 17.6 Å². The second kappa shape index (κ2) is 11.3. The van der Waals surface area contributed by atoms with Gasteiger partial charge < -0.3 is 10.1 Å². The van der Waals surface area contributed by atoms with Crippen LogP contribution in [0.5, 0.6) is 5.75 Å². The summed E-state index contributed by atoms with van der Waals surface area (Å²) in [5, 5.41) is 2.36. The van der Waals surface area contributed by atoms with Crippen LogP contribution in [-0.4, -0.2) is 16.6 Å². The highest BCUT2D eigenvalue weighted by Crippen LogP contribution is 2.39. The number of anilines is 2. The van der Waals surface area contributed by atoms with Crippen LogP contribution in [0.25, 0.3) is 11.3 Å². The number of alkyl halides is 3. The van der Waals surface area contributed by atoms with Crippen molar-refractivity contribution in [1.82, 2.24) is 9.97 Å². The molecule has 9 heteroatoms. The van der Waals surface area contributed by atoms with E-state index in [0.717, 1.165) is 43.1 Å². The largest absolute Gasteiger partial charge is 0.493 e. The van der Waals surface area contributed by atoms with Crippen molar-refractivity contribution in [3.63, 3.8) is 0 Å². The highest BCUT2D eigenvalue weighted by molar-refractivity contribution is 7.14. The van der Waals surface area contributed by atoms with E-state index in [0.29, 0.717) is 12.0 Å². The fraction of sp³-hybridized carbons (Fsp3) is 0.391. The number of aromatic nitrogens is 2. The average Bonchev–Trinajstić information content (AvgIpc) is 3.13. The Balaban J connectivity index is 1.68. The molecule has 2 aromatic heterocycles. The zero-order valence-electron chi connectivity index (χ0n) is 17.7. The number of thiazole rings is 1. The van der Waals surface area contributed by atoms with Gasteiger partial charge in [-0.25, -0.2) is 4.98 Å². The number of nitrogens with zero attached hydrogens (tertiary/aromatic N) is 2. The van der Waals surface area contributed by atoms with Crippen molar-refractivity contribution in [2.45, 2.75) is 51.6 Å². The number of benzene rings is 1. The first-order chi connectivity index (χ1) is 15.4. The summed E-state index contributed by atoms with van der Waals surface area (Å²) in [7, 11) is 0. The SMILES string of the molecule is CCCCCCCCOc1ccc(Nc2nc(-c3cccnc3)c(F)s2)cc1C(F)(F)F. The lowest BCUT2D eigenvalue weighted by molar-refractivity contribution is -0.138. The number of halogens is 4. The molecule has 0 radical (unpaired) electrons. The molecule has 2 heterocycles. The molecule has 1 N–H and O–H groups in total. The predicted octanol–water partition coefficient (Wildman–Crippen LogP) is 7.85. The summed E-state index contributed by atoms with van der Waals surface area (Å²) in [6.07, 6.45) is 4.57. The Morgan fingerprint density at radius 2 is 1.84 bits per heavy atom. The van der Waals surface area contributed by atoms with E-state index in [9.17, 15) is 17.6 Å². The van der Waals surface area contributed by atoms with Gasteiger partial charge in [0.15, 0.2) is 5.13 Å². The monoisotopic (exact) mass is 467 g/mol. The first kappa shape index (κ1) is 24.0. The number of unbranched alkanes of at least 4 members (excludes halogenated alkanes) is 5. The van der Waals surface area contributed by atoms with Crippen molar-refractivity contribution in [3.8, 4) is 17.0 Å². The van der Waals surface area contributed by atoms with Crippen molar-refractivity contribution in [3.05, 3.63) is 53.4 Å². The van der Waals surface area contributed by atoms with Gasteiger partial charge in [-0.15, -0.1) is 0 Å². The van der Waals surface area contributed by atoms with Crippen molar-refractivity contribution < 1.29 is 22.3 Å². The molecule has 0 saturated carbocycles. The number of hydrogen-bond acceptors (Lipinski definition) is 5. The summed E-state index contributed by atoms with van der Waals surface area (Å²) in [4.78, 5) is 8.09. The molecule has 3 aromatic rings. The molecule has 172 valence electrons. The van der Waals surface area contributed by atoms with Gasteiger partial charge in [0, 0.05) is 23.6 Å². The maximum Gasteiger partial charge on any atom is 0.420 e. The minimum Gasteiger partial charge on any atom is -0.493 e. The zero-order chi connectivity index (χ0) is 23.0. The fourth-order valence-electron chi connectivity index (χ4n) is 3.18. The van der Waals surface area contributed by atoms with E-state index in [-0.39, 0.29) is 28.9 Å². The van der Waals surface area contributed by atoms with Crippen LogP contribution in [0.4, 0.5) is 28.4 Å². The molecular formula is C23H25F4N3OS. The number of rotatable bonds is 11. The van der Waals surface area contributed by atoms with Crippen LogP contribution >= 0.6 is 11.3 Å². The van der Waals surface area contributed by atoms with Crippen LogP contribution in [0.2, 0.25) is 0 Å². The van der Waals surface area contributed by atoms with Crippen LogP contribution in [0.15, 0.2) is 42.7 Å². The second-order valence-corrected chi connectivity index (χ2v) is 8.28. The molecule has 0 aliphatic carbocycles. The molecule has 0 aliphatic rings. The molecule has 0 bridgehead atoms. The molecule has 3 rings (SSSR count). The number of nitrogens with one attached hydrogen (secondary N) is 1. The third-order valence-corrected chi connectivity index (χ3v) is 5.57.